The van der Waals surface area contributed by atoms with E-state index in [0.717, 1.165) is 51.4 Å². The van der Waals surface area contributed by atoms with Crippen LogP contribution in [-0.4, -0.2) is 69.2 Å². The van der Waals surface area contributed by atoms with Crippen LogP contribution >= 0.6 is 7.82 Å². The van der Waals surface area contributed by atoms with Crippen molar-refractivity contribution in [3.8, 4) is 0 Å². The van der Waals surface area contributed by atoms with Crippen LogP contribution in [0.2, 0.25) is 0 Å². The Morgan fingerprint density at radius 2 is 1.14 bits per heavy atom. The molecule has 0 bridgehead atoms. The Hall–Kier alpha value is -1.62. The predicted molar refractivity (Wildman–Crippen MR) is 226 cm³/mol. The Morgan fingerprint density at radius 3 is 1.65 bits per heavy atom. The summed E-state index contributed by atoms with van der Waals surface area (Å²) >= 11 is 0. The maximum absolute atomic E-state index is 12.5. The average Bonchev–Trinajstić information content (AvgIpc) is 3.44. The zero-order valence-electron chi connectivity index (χ0n) is 36.0. The minimum Gasteiger partial charge on any atom is -0.462 e. The highest BCUT2D eigenvalue weighted by Gasteiger charge is 2.39. The highest BCUT2D eigenvalue weighted by atomic mass is 31.2. The molecule has 1 fully saturated rings. The number of hydrogen-bond donors (Lipinski definition) is 4. The molecule has 1 aliphatic carbocycles. The average molecular weight is 831 g/mol. The number of ether oxygens (including phenoxy) is 2. The first-order chi connectivity index (χ1) is 27.5. The van der Waals surface area contributed by atoms with Gasteiger partial charge in [-0.3, -0.25) is 18.9 Å². The number of phosphoric ester groups is 1. The smallest absolute Gasteiger partial charge is 0.462 e. The number of aliphatic hydroxyl groups excluding tert-OH is 2. The second-order valence-electron chi connectivity index (χ2n) is 16.5. The van der Waals surface area contributed by atoms with Gasteiger partial charge in [-0.05, 0) is 31.6 Å². The zero-order valence-corrected chi connectivity index (χ0v) is 36.9. The molecule has 0 aromatic carbocycles. The normalized spacial score (nSPS) is 18.4. The molecule has 0 spiro atoms. The fourth-order valence-corrected chi connectivity index (χ4v) is 8.05. The van der Waals surface area contributed by atoms with Gasteiger partial charge in [-0.2, -0.15) is 0 Å². The molecule has 57 heavy (non-hydrogen) atoms. The summed E-state index contributed by atoms with van der Waals surface area (Å²) in [5.74, 6) is -1.62. The molecule has 1 rings (SSSR count). The molecule has 0 aromatic rings. The van der Waals surface area contributed by atoms with E-state index < -0.39 is 50.6 Å². The zero-order chi connectivity index (χ0) is 42.0. The first-order valence-electron chi connectivity index (χ1n) is 23.1. The molecule has 0 unspecified atom stereocenters. The van der Waals surface area contributed by atoms with Crippen LogP contribution in [0.25, 0.3) is 0 Å². The second-order valence-corrected chi connectivity index (χ2v) is 17.8. The van der Waals surface area contributed by atoms with Gasteiger partial charge in [-0.25, -0.2) is 4.57 Å². The van der Waals surface area contributed by atoms with Gasteiger partial charge in [-0.1, -0.05) is 180 Å². The monoisotopic (exact) mass is 831 g/mol. The van der Waals surface area contributed by atoms with Crippen molar-refractivity contribution in [1.29, 1.82) is 0 Å². The number of unbranched alkanes of at least 4 members (excludes halogenated alkanes) is 23. The molecular formula is C45H83O11P. The largest absolute Gasteiger partial charge is 0.469 e. The van der Waals surface area contributed by atoms with Crippen molar-refractivity contribution in [3.63, 3.8) is 0 Å². The van der Waals surface area contributed by atoms with Crippen LogP contribution in [0.5, 0.6) is 0 Å². The molecule has 4 N–H and O–H groups in total. The summed E-state index contributed by atoms with van der Waals surface area (Å²) in [7, 11) is -4.82. The van der Waals surface area contributed by atoms with E-state index in [9.17, 15) is 29.2 Å². The van der Waals surface area contributed by atoms with Gasteiger partial charge in [0.25, 0.3) is 0 Å². The summed E-state index contributed by atoms with van der Waals surface area (Å²) in [4.78, 5) is 55.7. The van der Waals surface area contributed by atoms with Crippen LogP contribution in [0.15, 0.2) is 12.2 Å². The highest BCUT2D eigenvalue weighted by Crippen LogP contribution is 2.36. The molecule has 11 nitrogen and oxygen atoms in total. The van der Waals surface area contributed by atoms with E-state index in [2.05, 4.69) is 18.4 Å². The molecule has 334 valence electrons. The molecule has 1 saturated carbocycles. The van der Waals surface area contributed by atoms with Crippen LogP contribution in [-0.2, 0) is 32.9 Å². The Labute approximate surface area is 346 Å². The Balaban J connectivity index is 2.19. The molecule has 12 heteroatoms. The lowest BCUT2D eigenvalue weighted by Crippen LogP contribution is -2.29. The van der Waals surface area contributed by atoms with Crippen molar-refractivity contribution in [2.24, 2.45) is 11.8 Å². The molecule has 1 aliphatic rings. The lowest BCUT2D eigenvalue weighted by atomic mass is 9.88. The van der Waals surface area contributed by atoms with Crippen molar-refractivity contribution >= 4 is 25.5 Å². The topological polar surface area (TPSA) is 177 Å². The van der Waals surface area contributed by atoms with Gasteiger partial charge in [0, 0.05) is 25.2 Å². The molecular weight excluding hydrogens is 747 g/mol. The van der Waals surface area contributed by atoms with E-state index in [-0.39, 0.29) is 37.6 Å². The standard InChI is InChI=1S/C45H83O11P/c1-3-5-7-8-9-10-11-12-13-14-15-16-17-18-19-20-21-22-27-31-44(49)54-36-39(37-55-57(51,52)53)56-45(50)32-28-24-23-26-30-40-41(43(48)35-42(40)47)34-33-38(46)29-25-6-4-2/h33-34,38-42,46-47H,3-32,35-37H2,1-2H3,(H2,51,52,53)/b34-33+/t38-,39+,40+,41+,42-/m0/s1. The summed E-state index contributed by atoms with van der Waals surface area (Å²) in [6.45, 7) is 3.42. The van der Waals surface area contributed by atoms with Gasteiger partial charge in [0.1, 0.15) is 12.4 Å². The fourth-order valence-electron chi connectivity index (χ4n) is 7.69. The summed E-state index contributed by atoms with van der Waals surface area (Å²) in [5.41, 5.74) is 0. The van der Waals surface area contributed by atoms with Gasteiger partial charge in [0.05, 0.1) is 18.8 Å². The number of hydrogen-bond acceptors (Lipinski definition) is 9. The third-order valence-corrected chi connectivity index (χ3v) is 11.7. The summed E-state index contributed by atoms with van der Waals surface area (Å²) < 4.78 is 26.5. The SMILES string of the molecule is CCCCCCCCCCCCCCCCCCCCCC(=O)OC[C@H](COP(=O)(O)O)OC(=O)CCCCCC[C@H]1[C@@H](O)CC(=O)[C@@H]1/C=C/[C@@H](O)CCCCC. The quantitative estimate of drug-likeness (QED) is 0.0201. The van der Waals surface area contributed by atoms with E-state index in [1.807, 2.05) is 0 Å². The van der Waals surface area contributed by atoms with Crippen molar-refractivity contribution < 1.29 is 52.9 Å². The van der Waals surface area contributed by atoms with E-state index >= 15 is 0 Å². The van der Waals surface area contributed by atoms with Gasteiger partial charge >= 0.3 is 19.8 Å². The first-order valence-corrected chi connectivity index (χ1v) is 24.6. The van der Waals surface area contributed by atoms with Gasteiger partial charge in [0.15, 0.2) is 6.10 Å². The predicted octanol–water partition coefficient (Wildman–Crippen LogP) is 10.8. The lowest BCUT2D eigenvalue weighted by Gasteiger charge is -2.19. The van der Waals surface area contributed by atoms with Crippen molar-refractivity contribution in [2.45, 2.75) is 231 Å². The van der Waals surface area contributed by atoms with Crippen LogP contribution in [0.1, 0.15) is 213 Å². The fraction of sp³-hybridized carbons (Fsp3) is 0.889. The first kappa shape index (κ1) is 53.4. The van der Waals surface area contributed by atoms with E-state index in [4.69, 9.17) is 19.3 Å². The van der Waals surface area contributed by atoms with Crippen LogP contribution in [0.3, 0.4) is 0 Å². The number of aliphatic hydroxyl groups is 2. The maximum atomic E-state index is 12.5. The molecule has 0 radical (unpaired) electrons. The maximum Gasteiger partial charge on any atom is 0.469 e. The van der Waals surface area contributed by atoms with Crippen molar-refractivity contribution in [2.75, 3.05) is 13.2 Å². The number of allylic oxidation sites excluding steroid dienone is 1. The van der Waals surface area contributed by atoms with E-state index in [1.54, 1.807) is 12.2 Å². The Kier molecular flexibility index (Phi) is 32.9. The van der Waals surface area contributed by atoms with E-state index in [1.165, 1.54) is 96.3 Å². The number of rotatable bonds is 39. The Bertz CT molecular complexity index is 1090. The van der Waals surface area contributed by atoms with E-state index in [0.29, 0.717) is 32.1 Å². The number of phosphoric acid groups is 1. The van der Waals surface area contributed by atoms with Crippen LogP contribution in [0.4, 0.5) is 0 Å². The minimum absolute atomic E-state index is 0.00374. The Morgan fingerprint density at radius 1 is 0.684 bits per heavy atom. The van der Waals surface area contributed by atoms with Crippen molar-refractivity contribution in [3.05, 3.63) is 12.2 Å². The minimum atomic E-state index is -4.82. The van der Waals surface area contributed by atoms with Crippen molar-refractivity contribution in [1.82, 2.24) is 0 Å². The number of carbonyl (C=O) groups is 3. The second kappa shape index (κ2) is 35.2. The lowest BCUT2D eigenvalue weighted by molar-refractivity contribution is -0.161. The summed E-state index contributed by atoms with van der Waals surface area (Å²) in [6, 6.07) is 0. The summed E-state index contributed by atoms with van der Waals surface area (Å²) in [6.07, 6.45) is 32.7. The number of esters is 2. The third kappa shape index (κ3) is 31.0. The highest BCUT2D eigenvalue weighted by molar-refractivity contribution is 7.46. The molecule has 0 aliphatic heterocycles. The molecule has 0 amide bonds. The van der Waals surface area contributed by atoms with Crippen LogP contribution < -0.4 is 0 Å². The van der Waals surface area contributed by atoms with Gasteiger partial charge < -0.3 is 29.5 Å². The van der Waals surface area contributed by atoms with Crippen LogP contribution in [0, 0.1) is 11.8 Å². The molecule has 0 saturated heterocycles. The number of ketones is 1. The molecule has 5 atom stereocenters. The van der Waals surface area contributed by atoms with Gasteiger partial charge in [0.2, 0.25) is 0 Å². The third-order valence-electron chi connectivity index (χ3n) is 11.2. The number of carbonyl (C=O) groups excluding carboxylic acids is 3. The van der Waals surface area contributed by atoms with Gasteiger partial charge in [-0.15, -0.1) is 0 Å². The number of Topliss-reactive ketones (excluding diaryl/α,β-unsaturated/α-hetero) is 1. The summed E-state index contributed by atoms with van der Waals surface area (Å²) in [5, 5.41) is 20.7. The molecule has 0 heterocycles. The molecule has 0 aromatic heterocycles.